The number of likely N-dealkylation sites (N-methyl/N-ethyl adjacent to an activating group) is 1. The summed E-state index contributed by atoms with van der Waals surface area (Å²) < 4.78 is 0. The Bertz CT molecular complexity index is 1190. The molecule has 10 nitrogen and oxygen atoms in total. The molecule has 11 heteroatoms. The molecule has 228 valence electrons. The largest absolute Gasteiger partial charge is 0.383 e. The van der Waals surface area contributed by atoms with E-state index in [-0.39, 0.29) is 23.1 Å². The lowest BCUT2D eigenvalue weighted by Crippen LogP contribution is -2.57. The number of carbonyl (C=O) groups is 3. The fourth-order valence-corrected chi connectivity index (χ4v) is 6.91. The first-order valence-electron chi connectivity index (χ1n) is 14.8. The maximum atomic E-state index is 13.2. The van der Waals surface area contributed by atoms with Gasteiger partial charge in [0.05, 0.1) is 0 Å². The van der Waals surface area contributed by atoms with Crippen LogP contribution in [0.1, 0.15) is 39.2 Å². The minimum absolute atomic E-state index is 0.0318. The van der Waals surface area contributed by atoms with Gasteiger partial charge in [-0.3, -0.25) is 9.59 Å². The van der Waals surface area contributed by atoms with Crippen LogP contribution in [0.2, 0.25) is 0 Å². The van der Waals surface area contributed by atoms with Crippen molar-refractivity contribution < 1.29 is 14.4 Å². The molecule has 2 heterocycles. The monoisotopic (exact) mass is 595 g/mol. The van der Waals surface area contributed by atoms with Gasteiger partial charge in [-0.1, -0.05) is 30.3 Å². The third kappa shape index (κ3) is 8.86. The van der Waals surface area contributed by atoms with E-state index in [9.17, 15) is 14.4 Å². The van der Waals surface area contributed by atoms with Crippen molar-refractivity contribution >= 4 is 41.0 Å². The molecule has 0 bridgehead atoms. The zero-order valence-corrected chi connectivity index (χ0v) is 25.7. The number of amides is 4. The lowest BCUT2D eigenvalue weighted by molar-refractivity contribution is -0.131. The standard InChI is InChI=1S/C31H45N7O3S/c1-4-38-28(40)25(42-29(38)26(32)27(39)36-31(2,3)20-22-10-6-5-7-11-22)21-34-23-12-14-24(15-13-23)35-30(41)33-16-19-37-17-8-9-18-37/h5-7,10-15,25-26,29,34H,4,8-9,16-21,32H2,1-3H3,(H,36,39)(H2,33,35,41)/t25?,26-,29?/m1/s1. The topological polar surface area (TPSA) is 132 Å². The van der Waals surface area contributed by atoms with Crippen molar-refractivity contribution in [3.05, 3.63) is 60.2 Å². The van der Waals surface area contributed by atoms with Crippen LogP contribution >= 0.6 is 11.8 Å². The molecule has 2 aliphatic rings. The number of hydrogen-bond donors (Lipinski definition) is 5. The first-order valence-corrected chi connectivity index (χ1v) is 15.8. The van der Waals surface area contributed by atoms with E-state index in [0.717, 1.165) is 30.9 Å². The predicted octanol–water partition coefficient (Wildman–Crippen LogP) is 3.07. The summed E-state index contributed by atoms with van der Waals surface area (Å²) in [6.07, 6.45) is 3.14. The maximum absolute atomic E-state index is 13.2. The number of hydrogen-bond acceptors (Lipinski definition) is 7. The van der Waals surface area contributed by atoms with Crippen LogP contribution in [0, 0.1) is 0 Å². The zero-order valence-electron chi connectivity index (χ0n) is 24.9. The minimum Gasteiger partial charge on any atom is -0.383 e. The van der Waals surface area contributed by atoms with Gasteiger partial charge in [0.2, 0.25) is 11.8 Å². The van der Waals surface area contributed by atoms with Gasteiger partial charge in [-0.25, -0.2) is 4.79 Å². The van der Waals surface area contributed by atoms with E-state index in [4.69, 9.17) is 5.73 Å². The van der Waals surface area contributed by atoms with Crippen LogP contribution in [-0.4, -0.2) is 89.1 Å². The van der Waals surface area contributed by atoms with Gasteiger partial charge < -0.3 is 36.8 Å². The van der Waals surface area contributed by atoms with Crippen LogP contribution in [0.25, 0.3) is 0 Å². The van der Waals surface area contributed by atoms with Crippen LogP contribution in [0.4, 0.5) is 16.2 Å². The van der Waals surface area contributed by atoms with Gasteiger partial charge in [0.15, 0.2) is 0 Å². The number of nitrogens with one attached hydrogen (secondary N) is 4. The molecule has 0 aliphatic carbocycles. The van der Waals surface area contributed by atoms with Crippen molar-refractivity contribution in [1.29, 1.82) is 0 Å². The number of likely N-dealkylation sites (tertiary alicyclic amines) is 1. The number of nitrogens with two attached hydrogens (primary N) is 1. The molecular weight excluding hydrogens is 550 g/mol. The quantitative estimate of drug-likeness (QED) is 0.241. The fourth-order valence-electron chi connectivity index (χ4n) is 5.45. The summed E-state index contributed by atoms with van der Waals surface area (Å²) in [6.45, 7) is 10.4. The second-order valence-corrected chi connectivity index (χ2v) is 12.9. The first kappa shape index (κ1) is 31.7. The summed E-state index contributed by atoms with van der Waals surface area (Å²) >= 11 is 1.42. The predicted molar refractivity (Wildman–Crippen MR) is 171 cm³/mol. The van der Waals surface area contributed by atoms with Gasteiger partial charge in [0, 0.05) is 43.1 Å². The average Bonchev–Trinajstić information content (AvgIpc) is 3.59. The molecule has 3 atom stereocenters. The molecule has 6 N–H and O–H groups in total. The molecule has 0 radical (unpaired) electrons. The molecule has 0 saturated carbocycles. The van der Waals surface area contributed by atoms with Crippen molar-refractivity contribution in [2.24, 2.45) is 5.73 Å². The smallest absolute Gasteiger partial charge is 0.319 e. The Balaban J connectivity index is 1.24. The minimum atomic E-state index is -0.856. The maximum Gasteiger partial charge on any atom is 0.319 e. The highest BCUT2D eigenvalue weighted by molar-refractivity contribution is 8.01. The highest BCUT2D eigenvalue weighted by Gasteiger charge is 2.44. The first-order chi connectivity index (χ1) is 20.1. The van der Waals surface area contributed by atoms with E-state index in [0.29, 0.717) is 31.7 Å². The lowest BCUT2D eigenvalue weighted by Gasteiger charge is -2.31. The van der Waals surface area contributed by atoms with E-state index >= 15 is 0 Å². The highest BCUT2D eigenvalue weighted by Crippen LogP contribution is 2.33. The van der Waals surface area contributed by atoms with E-state index in [1.807, 2.05) is 75.4 Å². The third-order valence-electron chi connectivity index (χ3n) is 7.62. The summed E-state index contributed by atoms with van der Waals surface area (Å²) in [5.41, 5.74) is 8.61. The van der Waals surface area contributed by atoms with Crippen LogP contribution in [-0.2, 0) is 16.0 Å². The molecule has 0 spiro atoms. The van der Waals surface area contributed by atoms with E-state index in [1.165, 1.54) is 24.6 Å². The van der Waals surface area contributed by atoms with Crippen molar-refractivity contribution in [2.45, 2.75) is 62.2 Å². The molecule has 2 aromatic carbocycles. The normalized spacial score (nSPS) is 19.9. The molecule has 2 saturated heterocycles. The number of anilines is 2. The van der Waals surface area contributed by atoms with Crippen LogP contribution in [0.3, 0.4) is 0 Å². The molecular formula is C31H45N7O3S. The SMILES string of the molecule is CCN1C(=O)C(CNc2ccc(NC(=O)NCCN3CCCC3)cc2)SC1[C@H](N)C(=O)NC(C)(C)Cc1ccccc1. The Hall–Kier alpha value is -3.28. The second-order valence-electron chi connectivity index (χ2n) is 11.6. The van der Waals surface area contributed by atoms with Crippen molar-refractivity contribution in [3.8, 4) is 0 Å². The van der Waals surface area contributed by atoms with Gasteiger partial charge >= 0.3 is 6.03 Å². The van der Waals surface area contributed by atoms with Gasteiger partial charge in [0.1, 0.15) is 16.7 Å². The molecule has 4 rings (SSSR count). The number of benzene rings is 2. The van der Waals surface area contributed by atoms with Gasteiger partial charge in [-0.05, 0) is 83.0 Å². The summed E-state index contributed by atoms with van der Waals surface area (Å²) in [4.78, 5) is 42.6. The molecule has 42 heavy (non-hydrogen) atoms. The van der Waals surface area contributed by atoms with Crippen molar-refractivity contribution in [1.82, 2.24) is 20.4 Å². The Kier molecular flexibility index (Phi) is 11.1. The number of nitrogens with zero attached hydrogens (tertiary/aromatic N) is 2. The fraction of sp³-hybridized carbons (Fsp3) is 0.516. The summed E-state index contributed by atoms with van der Waals surface area (Å²) in [5, 5.41) is 11.4. The summed E-state index contributed by atoms with van der Waals surface area (Å²) in [5.74, 6) is -0.299. The number of carbonyl (C=O) groups excluding carboxylic acids is 3. The Labute approximate surface area is 253 Å². The molecule has 2 aromatic rings. The average molecular weight is 596 g/mol. The van der Waals surface area contributed by atoms with Crippen molar-refractivity contribution in [2.75, 3.05) is 49.9 Å². The summed E-state index contributed by atoms with van der Waals surface area (Å²) in [7, 11) is 0. The van der Waals surface area contributed by atoms with Crippen LogP contribution in [0.5, 0.6) is 0 Å². The van der Waals surface area contributed by atoms with E-state index in [1.54, 1.807) is 4.90 Å². The van der Waals surface area contributed by atoms with Crippen molar-refractivity contribution in [3.63, 3.8) is 0 Å². The summed E-state index contributed by atoms with van der Waals surface area (Å²) in [6, 6.07) is 16.3. The van der Waals surface area contributed by atoms with Gasteiger partial charge in [-0.2, -0.15) is 0 Å². The van der Waals surface area contributed by atoms with Gasteiger partial charge in [-0.15, -0.1) is 11.8 Å². The van der Waals surface area contributed by atoms with E-state index < -0.39 is 17.0 Å². The molecule has 4 amide bonds. The second kappa shape index (κ2) is 14.8. The molecule has 0 aromatic heterocycles. The van der Waals surface area contributed by atoms with Crippen LogP contribution < -0.4 is 27.0 Å². The Morgan fingerprint density at radius 1 is 1.05 bits per heavy atom. The molecule has 2 aliphatic heterocycles. The van der Waals surface area contributed by atoms with E-state index in [2.05, 4.69) is 26.2 Å². The number of rotatable bonds is 13. The van der Waals surface area contributed by atoms with Crippen LogP contribution in [0.15, 0.2) is 54.6 Å². The number of thioether (sulfide) groups is 1. The number of urea groups is 1. The van der Waals surface area contributed by atoms with Gasteiger partial charge in [0.25, 0.3) is 0 Å². The Morgan fingerprint density at radius 3 is 2.38 bits per heavy atom. The highest BCUT2D eigenvalue weighted by atomic mass is 32.2. The third-order valence-corrected chi connectivity index (χ3v) is 9.14. The molecule has 2 fully saturated rings. The zero-order chi connectivity index (χ0) is 30.1. The lowest BCUT2D eigenvalue weighted by atomic mass is 9.94. The Morgan fingerprint density at radius 2 is 1.71 bits per heavy atom. The molecule has 2 unspecified atom stereocenters.